The first-order chi connectivity index (χ1) is 23.3. The van der Waals surface area contributed by atoms with Crippen molar-refractivity contribution in [1.29, 1.82) is 0 Å². The van der Waals surface area contributed by atoms with Gasteiger partial charge in [0.2, 0.25) is 11.8 Å². The minimum absolute atomic E-state index is 0.0542. The van der Waals surface area contributed by atoms with E-state index in [9.17, 15) is 24.3 Å². The number of nitrogens with zero attached hydrogens (tertiary/aromatic N) is 2. The molecule has 4 aliphatic heterocycles. The summed E-state index contributed by atoms with van der Waals surface area (Å²) in [6.07, 6.45) is 7.20. The Kier molecular flexibility index (Phi) is 10.7. The molecular formula is C36H39BrClN3O7. The van der Waals surface area contributed by atoms with Crippen LogP contribution in [-0.4, -0.2) is 77.7 Å². The van der Waals surface area contributed by atoms with Gasteiger partial charge in [0.05, 0.1) is 23.2 Å². The monoisotopic (exact) mass is 739 g/mol. The van der Waals surface area contributed by atoms with Crippen molar-refractivity contribution >= 4 is 56.9 Å². The Labute approximate surface area is 293 Å². The first kappa shape index (κ1) is 34.4. The molecule has 2 fully saturated rings. The van der Waals surface area contributed by atoms with E-state index in [-0.39, 0.29) is 44.5 Å². The number of allylic oxidation sites excluding steroid dienone is 1. The Morgan fingerprint density at radius 3 is 2.48 bits per heavy atom. The SMILES string of the molecule is O=C1CC/C=C\CN(c2ccccc2Cl)C(=O)[C@H]2N(CCCCCCO)C(=O)[C@@H]3[C@@H](C(=O)O[C@@H](c4ccccc4)CN1)[C@@H]1O[C@@]32C=C1Br. The standard InChI is InChI=1S/C36H39BrClN3O7/c37-24-21-36-30-29(31(24)48-36)35(46)47-27(23-13-5-3-6-14-23)22-39-28(43)17-7-4-11-18-40(26-16-9-8-15-25(26)38)34(45)32(36)41(33(30)44)19-10-1-2-12-20-42/h3-6,8-9,11,13-16,21,27,29-32,42H,1-2,7,10,12,17-20,22H2,(H,39,43)/b11-4-/t27-,29-,30+,31-,32-,36+/m1/s1. The second-order valence-corrected chi connectivity index (χ2v) is 13.9. The van der Waals surface area contributed by atoms with Gasteiger partial charge in [0.1, 0.15) is 29.8 Å². The lowest BCUT2D eigenvalue weighted by Crippen LogP contribution is -2.56. The molecule has 2 aromatic rings. The number of nitrogens with one attached hydrogen (secondary N) is 1. The lowest BCUT2D eigenvalue weighted by atomic mass is 9.74. The van der Waals surface area contributed by atoms with E-state index in [1.54, 1.807) is 40.1 Å². The molecule has 254 valence electrons. The summed E-state index contributed by atoms with van der Waals surface area (Å²) in [6, 6.07) is 15.1. The predicted molar refractivity (Wildman–Crippen MR) is 183 cm³/mol. The number of amides is 3. The molecule has 10 nitrogen and oxygen atoms in total. The van der Waals surface area contributed by atoms with Gasteiger partial charge >= 0.3 is 5.97 Å². The van der Waals surface area contributed by atoms with E-state index >= 15 is 0 Å². The summed E-state index contributed by atoms with van der Waals surface area (Å²) in [5, 5.41) is 12.5. The minimum atomic E-state index is -1.43. The van der Waals surface area contributed by atoms with Crippen LogP contribution in [0.15, 0.2) is 77.3 Å². The van der Waals surface area contributed by atoms with Crippen molar-refractivity contribution in [1.82, 2.24) is 10.2 Å². The Balaban J connectivity index is 1.43. The molecule has 6 atom stereocenters. The van der Waals surface area contributed by atoms with E-state index in [2.05, 4.69) is 21.2 Å². The van der Waals surface area contributed by atoms with Crippen molar-refractivity contribution in [3.63, 3.8) is 0 Å². The molecule has 0 unspecified atom stereocenters. The Hall–Kier alpha value is -3.51. The number of fused-ring (bicyclic) bond motifs is 2. The molecule has 3 amide bonds. The molecule has 0 radical (unpaired) electrons. The summed E-state index contributed by atoms with van der Waals surface area (Å²) in [5.41, 5.74) is -0.264. The van der Waals surface area contributed by atoms with Gasteiger partial charge in [-0.2, -0.15) is 0 Å². The zero-order valence-electron chi connectivity index (χ0n) is 26.4. The van der Waals surface area contributed by atoms with Gasteiger partial charge in [-0.1, -0.05) is 95.0 Å². The van der Waals surface area contributed by atoms with Gasteiger partial charge < -0.3 is 29.7 Å². The van der Waals surface area contributed by atoms with Crippen LogP contribution in [0.2, 0.25) is 5.02 Å². The number of carbonyl (C=O) groups excluding carboxylic acids is 4. The highest BCUT2D eigenvalue weighted by Crippen LogP contribution is 2.59. The highest BCUT2D eigenvalue weighted by Gasteiger charge is 2.75. The molecule has 2 saturated heterocycles. The normalized spacial score (nSPS) is 29.8. The van der Waals surface area contributed by atoms with Gasteiger partial charge in [-0.3, -0.25) is 19.2 Å². The number of unbranched alkanes of at least 4 members (excludes halogenated alkanes) is 3. The third-order valence-electron chi connectivity index (χ3n) is 9.56. The second-order valence-electron chi connectivity index (χ2n) is 12.5. The van der Waals surface area contributed by atoms with Crippen LogP contribution >= 0.6 is 27.5 Å². The molecule has 1 spiro atoms. The number of hydrogen-bond donors (Lipinski definition) is 2. The summed E-state index contributed by atoms with van der Waals surface area (Å²) >= 11 is 10.2. The first-order valence-corrected chi connectivity index (χ1v) is 17.6. The average molecular weight is 741 g/mol. The number of hydrogen-bond acceptors (Lipinski definition) is 7. The third kappa shape index (κ3) is 6.57. The van der Waals surface area contributed by atoms with Crippen LogP contribution in [0.1, 0.15) is 50.2 Å². The average Bonchev–Trinajstić information content (AvgIpc) is 3.68. The summed E-state index contributed by atoms with van der Waals surface area (Å²) in [6.45, 7) is 0.542. The van der Waals surface area contributed by atoms with Gasteiger partial charge in [0.15, 0.2) is 0 Å². The van der Waals surface area contributed by atoms with Gasteiger partial charge in [-0.15, -0.1) is 0 Å². The number of benzene rings is 2. The second kappa shape index (κ2) is 14.9. The topological polar surface area (TPSA) is 125 Å². The quantitative estimate of drug-likeness (QED) is 0.225. The fourth-order valence-electron chi connectivity index (χ4n) is 7.30. The molecule has 12 heteroatoms. The zero-order valence-corrected chi connectivity index (χ0v) is 28.8. The van der Waals surface area contributed by atoms with Crippen molar-refractivity contribution in [2.45, 2.75) is 62.4 Å². The van der Waals surface area contributed by atoms with Crippen LogP contribution in [0.5, 0.6) is 0 Å². The molecule has 4 aliphatic rings. The maximum Gasteiger partial charge on any atom is 0.313 e. The maximum atomic E-state index is 14.9. The van der Waals surface area contributed by atoms with Crippen LogP contribution in [0, 0.1) is 11.8 Å². The first-order valence-electron chi connectivity index (χ1n) is 16.5. The summed E-state index contributed by atoms with van der Waals surface area (Å²) in [4.78, 5) is 59.6. The van der Waals surface area contributed by atoms with Crippen LogP contribution in [0.25, 0.3) is 0 Å². The van der Waals surface area contributed by atoms with Crippen LogP contribution < -0.4 is 10.2 Å². The highest BCUT2D eigenvalue weighted by atomic mass is 79.9. The molecule has 0 saturated carbocycles. The fraction of sp³-hybridized carbons (Fsp3) is 0.444. The van der Waals surface area contributed by atoms with E-state index < -0.39 is 47.6 Å². The summed E-state index contributed by atoms with van der Waals surface area (Å²) in [7, 11) is 0. The molecule has 5 bridgehead atoms. The van der Waals surface area contributed by atoms with E-state index in [0.29, 0.717) is 40.0 Å². The van der Waals surface area contributed by atoms with Gasteiger partial charge in [-0.05, 0) is 43.0 Å². The van der Waals surface area contributed by atoms with Crippen LogP contribution in [0.3, 0.4) is 0 Å². The summed E-state index contributed by atoms with van der Waals surface area (Å²) in [5.74, 6) is -3.63. The number of halogens is 2. The van der Waals surface area contributed by atoms with Crippen molar-refractivity contribution < 1.29 is 33.8 Å². The minimum Gasteiger partial charge on any atom is -0.455 e. The molecule has 6 rings (SSSR count). The molecule has 0 aromatic heterocycles. The third-order valence-corrected chi connectivity index (χ3v) is 10.6. The van der Waals surface area contributed by atoms with E-state index in [1.165, 1.54) is 0 Å². The van der Waals surface area contributed by atoms with Gasteiger partial charge in [-0.25, -0.2) is 0 Å². The number of likely N-dealkylation sites (tertiary alicyclic amines) is 1. The van der Waals surface area contributed by atoms with Crippen LogP contribution in [-0.2, 0) is 28.7 Å². The highest BCUT2D eigenvalue weighted by molar-refractivity contribution is 9.11. The smallest absolute Gasteiger partial charge is 0.313 e. The van der Waals surface area contributed by atoms with Crippen molar-refractivity contribution in [2.24, 2.45) is 11.8 Å². The lowest BCUT2D eigenvalue weighted by molar-refractivity contribution is -0.159. The number of aliphatic hydroxyl groups is 1. The van der Waals surface area contributed by atoms with Crippen molar-refractivity contribution in [2.75, 3.05) is 31.1 Å². The Morgan fingerprint density at radius 2 is 1.71 bits per heavy atom. The maximum absolute atomic E-state index is 14.9. The Morgan fingerprint density at radius 1 is 0.958 bits per heavy atom. The molecule has 2 aromatic carbocycles. The summed E-state index contributed by atoms with van der Waals surface area (Å²) < 4.78 is 13.3. The number of anilines is 1. The largest absolute Gasteiger partial charge is 0.455 e. The molecule has 48 heavy (non-hydrogen) atoms. The number of aliphatic hydroxyl groups excluding tert-OH is 1. The Bertz CT molecular complexity index is 1600. The number of carbonyl (C=O) groups is 4. The van der Waals surface area contributed by atoms with Crippen LogP contribution in [0.4, 0.5) is 5.69 Å². The molecule has 4 heterocycles. The number of para-hydroxylation sites is 1. The van der Waals surface area contributed by atoms with Crippen molar-refractivity contribution in [3.8, 4) is 0 Å². The fourth-order valence-corrected chi connectivity index (χ4v) is 8.27. The van der Waals surface area contributed by atoms with Gasteiger partial charge in [0.25, 0.3) is 5.91 Å². The lowest BCUT2D eigenvalue weighted by Gasteiger charge is -2.36. The van der Waals surface area contributed by atoms with E-state index in [1.807, 2.05) is 42.5 Å². The molecule has 0 aliphatic carbocycles. The van der Waals surface area contributed by atoms with Crippen molar-refractivity contribution in [3.05, 3.63) is 87.9 Å². The number of cyclic esters (lactones) is 1. The molecular weight excluding hydrogens is 702 g/mol. The van der Waals surface area contributed by atoms with Gasteiger partial charge in [0, 0.05) is 30.6 Å². The zero-order chi connectivity index (χ0) is 33.8. The number of rotatable bonds is 8. The molecule has 2 N–H and O–H groups in total. The predicted octanol–water partition coefficient (Wildman–Crippen LogP) is 4.85. The van der Waals surface area contributed by atoms with E-state index in [4.69, 9.17) is 21.1 Å². The van der Waals surface area contributed by atoms with E-state index in [0.717, 1.165) is 12.8 Å². The number of esters is 1. The number of ether oxygens (including phenoxy) is 2.